The van der Waals surface area contributed by atoms with Gasteiger partial charge in [-0.3, -0.25) is 4.90 Å². The summed E-state index contributed by atoms with van der Waals surface area (Å²) in [5, 5.41) is 0. The lowest BCUT2D eigenvalue weighted by molar-refractivity contribution is 0.0878. The number of nitrogens with zero attached hydrogens (tertiary/aromatic N) is 1. The van der Waals surface area contributed by atoms with Crippen LogP contribution in [0.2, 0.25) is 0 Å². The van der Waals surface area contributed by atoms with Gasteiger partial charge in [0.05, 0.1) is 6.61 Å². The first kappa shape index (κ1) is 15.3. The van der Waals surface area contributed by atoms with Crippen molar-refractivity contribution in [3.05, 3.63) is 0 Å². The highest BCUT2D eigenvalue weighted by molar-refractivity contribution is 4.90. The van der Waals surface area contributed by atoms with Crippen LogP contribution in [0.5, 0.6) is 0 Å². The molecule has 0 radical (unpaired) electrons. The van der Waals surface area contributed by atoms with Gasteiger partial charge in [0, 0.05) is 31.2 Å². The summed E-state index contributed by atoms with van der Waals surface area (Å²) in [4.78, 5) is 2.74. The first-order valence-electron chi connectivity index (χ1n) is 8.17. The molecule has 0 amide bonds. The van der Waals surface area contributed by atoms with E-state index in [1.54, 1.807) is 0 Å². The van der Waals surface area contributed by atoms with Crippen molar-refractivity contribution in [2.24, 2.45) is 17.1 Å². The highest BCUT2D eigenvalue weighted by Gasteiger charge is 2.37. The van der Waals surface area contributed by atoms with Crippen molar-refractivity contribution in [2.45, 2.75) is 58.4 Å². The Hall–Kier alpha value is -0.120. The van der Waals surface area contributed by atoms with Crippen LogP contribution < -0.4 is 5.73 Å². The molecule has 1 unspecified atom stereocenters. The number of ether oxygens (including phenoxy) is 1. The molecule has 1 heterocycles. The summed E-state index contributed by atoms with van der Waals surface area (Å²) in [6, 6.07) is 0.808. The molecule has 1 aliphatic heterocycles. The van der Waals surface area contributed by atoms with Gasteiger partial charge in [-0.1, -0.05) is 26.7 Å². The molecular formula is C16H32N2O. The van der Waals surface area contributed by atoms with E-state index in [2.05, 4.69) is 18.7 Å². The van der Waals surface area contributed by atoms with Crippen molar-refractivity contribution < 1.29 is 4.74 Å². The van der Waals surface area contributed by atoms with Gasteiger partial charge >= 0.3 is 0 Å². The Bertz CT molecular complexity index is 255. The van der Waals surface area contributed by atoms with E-state index < -0.39 is 0 Å². The Kier molecular flexibility index (Phi) is 5.67. The van der Waals surface area contributed by atoms with Crippen LogP contribution in [0.4, 0.5) is 0 Å². The van der Waals surface area contributed by atoms with Crippen molar-refractivity contribution in [2.75, 3.05) is 32.8 Å². The standard InChI is InChI=1S/C16H32N2O/c1-14(2)7-9-18(15-5-3-4-6-15)12-16(11-17)8-10-19-13-16/h14-15H,3-13,17H2,1-2H3. The molecule has 2 aliphatic rings. The van der Waals surface area contributed by atoms with Gasteiger partial charge in [0.2, 0.25) is 0 Å². The lowest BCUT2D eigenvalue weighted by Gasteiger charge is -2.37. The van der Waals surface area contributed by atoms with Gasteiger partial charge < -0.3 is 10.5 Å². The zero-order chi connectivity index (χ0) is 13.7. The Morgan fingerprint density at radius 2 is 2.05 bits per heavy atom. The van der Waals surface area contributed by atoms with Gasteiger partial charge in [-0.15, -0.1) is 0 Å². The minimum Gasteiger partial charge on any atom is -0.381 e. The van der Waals surface area contributed by atoms with E-state index in [-0.39, 0.29) is 5.41 Å². The summed E-state index contributed by atoms with van der Waals surface area (Å²) in [5.41, 5.74) is 6.30. The summed E-state index contributed by atoms with van der Waals surface area (Å²) in [7, 11) is 0. The summed E-state index contributed by atoms with van der Waals surface area (Å²) in [5.74, 6) is 0.789. The van der Waals surface area contributed by atoms with Crippen LogP contribution in [0, 0.1) is 11.3 Å². The van der Waals surface area contributed by atoms with Gasteiger partial charge in [0.25, 0.3) is 0 Å². The summed E-state index contributed by atoms with van der Waals surface area (Å²) < 4.78 is 5.63. The lowest BCUT2D eigenvalue weighted by atomic mass is 9.86. The minimum absolute atomic E-state index is 0.236. The highest BCUT2D eigenvalue weighted by Crippen LogP contribution is 2.32. The molecular weight excluding hydrogens is 236 g/mol. The van der Waals surface area contributed by atoms with Crippen LogP contribution in [0.3, 0.4) is 0 Å². The molecule has 2 fully saturated rings. The average Bonchev–Trinajstić information content (AvgIpc) is 3.06. The van der Waals surface area contributed by atoms with Crippen LogP contribution in [0.1, 0.15) is 52.4 Å². The first-order chi connectivity index (χ1) is 9.15. The molecule has 3 heteroatoms. The van der Waals surface area contributed by atoms with E-state index in [0.29, 0.717) is 0 Å². The van der Waals surface area contributed by atoms with Crippen LogP contribution >= 0.6 is 0 Å². The number of rotatable bonds is 7. The van der Waals surface area contributed by atoms with Crippen molar-refractivity contribution in [3.8, 4) is 0 Å². The topological polar surface area (TPSA) is 38.5 Å². The Labute approximate surface area is 118 Å². The maximum absolute atomic E-state index is 6.07. The van der Waals surface area contributed by atoms with Crippen LogP contribution in [-0.4, -0.2) is 43.8 Å². The van der Waals surface area contributed by atoms with Crippen molar-refractivity contribution >= 4 is 0 Å². The number of nitrogens with two attached hydrogens (primary N) is 1. The van der Waals surface area contributed by atoms with E-state index >= 15 is 0 Å². The van der Waals surface area contributed by atoms with Crippen LogP contribution in [-0.2, 0) is 4.74 Å². The molecule has 2 N–H and O–H groups in total. The predicted octanol–water partition coefficient (Wildman–Crippen LogP) is 2.64. The van der Waals surface area contributed by atoms with E-state index in [9.17, 15) is 0 Å². The lowest BCUT2D eigenvalue weighted by Crippen LogP contribution is -2.47. The van der Waals surface area contributed by atoms with E-state index in [1.807, 2.05) is 0 Å². The summed E-state index contributed by atoms with van der Waals surface area (Å²) >= 11 is 0. The molecule has 0 bridgehead atoms. The highest BCUT2D eigenvalue weighted by atomic mass is 16.5. The Balaban J connectivity index is 1.95. The monoisotopic (exact) mass is 268 g/mol. The largest absolute Gasteiger partial charge is 0.381 e. The second-order valence-corrected chi connectivity index (χ2v) is 7.10. The Morgan fingerprint density at radius 1 is 1.32 bits per heavy atom. The molecule has 1 atom stereocenters. The average molecular weight is 268 g/mol. The van der Waals surface area contributed by atoms with Crippen LogP contribution in [0.15, 0.2) is 0 Å². The molecule has 0 aromatic rings. The minimum atomic E-state index is 0.236. The zero-order valence-electron chi connectivity index (χ0n) is 12.9. The second kappa shape index (κ2) is 7.05. The van der Waals surface area contributed by atoms with Gasteiger partial charge in [0.15, 0.2) is 0 Å². The molecule has 2 rings (SSSR count). The quantitative estimate of drug-likeness (QED) is 0.771. The molecule has 0 aromatic carbocycles. The maximum atomic E-state index is 6.07. The van der Waals surface area contributed by atoms with E-state index in [1.165, 1.54) is 38.6 Å². The number of hydrogen-bond donors (Lipinski definition) is 1. The third kappa shape index (κ3) is 4.17. The molecule has 0 spiro atoms. The molecule has 1 saturated heterocycles. The molecule has 0 aromatic heterocycles. The van der Waals surface area contributed by atoms with Gasteiger partial charge in [-0.25, -0.2) is 0 Å². The number of hydrogen-bond acceptors (Lipinski definition) is 3. The predicted molar refractivity (Wildman–Crippen MR) is 80.2 cm³/mol. The normalized spacial score (nSPS) is 28.9. The smallest absolute Gasteiger partial charge is 0.0547 e. The molecule has 3 nitrogen and oxygen atoms in total. The van der Waals surface area contributed by atoms with Gasteiger partial charge in [0.1, 0.15) is 0 Å². The van der Waals surface area contributed by atoms with E-state index in [4.69, 9.17) is 10.5 Å². The third-order valence-corrected chi connectivity index (χ3v) is 4.99. The molecule has 1 aliphatic carbocycles. The van der Waals surface area contributed by atoms with Crippen molar-refractivity contribution in [1.29, 1.82) is 0 Å². The third-order valence-electron chi connectivity index (χ3n) is 4.99. The second-order valence-electron chi connectivity index (χ2n) is 7.10. The van der Waals surface area contributed by atoms with Crippen molar-refractivity contribution in [3.63, 3.8) is 0 Å². The SMILES string of the molecule is CC(C)CCN(CC1(CN)CCOC1)C1CCCC1. The summed E-state index contributed by atoms with van der Waals surface area (Å²) in [6.45, 7) is 9.59. The van der Waals surface area contributed by atoms with Crippen LogP contribution in [0.25, 0.3) is 0 Å². The fraction of sp³-hybridized carbons (Fsp3) is 1.00. The Morgan fingerprint density at radius 3 is 2.58 bits per heavy atom. The zero-order valence-corrected chi connectivity index (χ0v) is 12.9. The fourth-order valence-electron chi connectivity index (χ4n) is 3.51. The molecule has 112 valence electrons. The van der Waals surface area contributed by atoms with Crippen molar-refractivity contribution in [1.82, 2.24) is 4.90 Å². The maximum Gasteiger partial charge on any atom is 0.0547 e. The molecule has 19 heavy (non-hydrogen) atoms. The molecule has 1 saturated carbocycles. The summed E-state index contributed by atoms with van der Waals surface area (Å²) in [6.07, 6.45) is 8.05. The van der Waals surface area contributed by atoms with Gasteiger partial charge in [-0.2, -0.15) is 0 Å². The first-order valence-corrected chi connectivity index (χ1v) is 8.17. The van der Waals surface area contributed by atoms with Gasteiger partial charge in [-0.05, 0) is 38.1 Å². The van der Waals surface area contributed by atoms with E-state index in [0.717, 1.165) is 44.7 Å². The fourth-order valence-corrected chi connectivity index (χ4v) is 3.51.